The molecule has 17 heavy (non-hydrogen) atoms. The number of hydrazine groups is 1. The second-order valence-corrected chi connectivity index (χ2v) is 5.30. The lowest BCUT2D eigenvalue weighted by atomic mass is 10.2. The van der Waals surface area contributed by atoms with E-state index in [0.717, 1.165) is 15.5 Å². The second kappa shape index (κ2) is 4.98. The van der Waals surface area contributed by atoms with Crippen LogP contribution in [0.1, 0.15) is 26.3 Å². The van der Waals surface area contributed by atoms with Crippen LogP contribution in [0.4, 0.5) is 10.5 Å². The highest BCUT2D eigenvalue weighted by Crippen LogP contribution is 2.21. The Morgan fingerprint density at radius 2 is 2.00 bits per heavy atom. The zero-order valence-corrected chi connectivity index (χ0v) is 11.4. The van der Waals surface area contributed by atoms with E-state index in [1.54, 1.807) is 32.9 Å². The third kappa shape index (κ3) is 3.94. The van der Waals surface area contributed by atoms with Crippen molar-refractivity contribution in [1.29, 1.82) is 0 Å². The summed E-state index contributed by atoms with van der Waals surface area (Å²) in [6.45, 7) is 7.30. The minimum absolute atomic E-state index is 0.551. The smallest absolute Gasteiger partial charge is 0.429 e. The van der Waals surface area contributed by atoms with Crippen LogP contribution in [0.15, 0.2) is 23.1 Å². The molecule has 0 radical (unpaired) electrons. The third-order valence-corrected chi connectivity index (χ3v) is 2.54. The number of amides is 1. The molecule has 1 aromatic rings. The van der Waals surface area contributed by atoms with Crippen LogP contribution in [0.2, 0.25) is 0 Å². The molecule has 0 aliphatic rings. The zero-order valence-electron chi connectivity index (χ0n) is 10.5. The van der Waals surface area contributed by atoms with Gasteiger partial charge in [0, 0.05) is 4.90 Å². The molecule has 0 aliphatic heterocycles. The Morgan fingerprint density at radius 3 is 2.47 bits per heavy atom. The highest BCUT2D eigenvalue weighted by Gasteiger charge is 2.21. The fourth-order valence-electron chi connectivity index (χ4n) is 1.16. The number of benzene rings is 1. The lowest BCUT2D eigenvalue weighted by Gasteiger charge is -2.24. The van der Waals surface area contributed by atoms with Crippen LogP contribution in [-0.2, 0) is 4.74 Å². The summed E-state index contributed by atoms with van der Waals surface area (Å²) in [5.41, 5.74) is 1.01. The molecule has 0 spiro atoms. The molecule has 0 bridgehead atoms. The lowest BCUT2D eigenvalue weighted by Crippen LogP contribution is -2.41. The van der Waals surface area contributed by atoms with Gasteiger partial charge in [-0.15, -0.1) is 12.6 Å². The van der Waals surface area contributed by atoms with Crippen LogP contribution in [0, 0.1) is 6.92 Å². The van der Waals surface area contributed by atoms with Gasteiger partial charge in [-0.3, -0.25) is 0 Å². The molecule has 0 aliphatic carbocycles. The van der Waals surface area contributed by atoms with Crippen LogP contribution < -0.4 is 10.9 Å². The van der Waals surface area contributed by atoms with Crippen molar-refractivity contribution >= 4 is 24.4 Å². The first kappa shape index (κ1) is 13.9. The monoisotopic (exact) mass is 254 g/mol. The van der Waals surface area contributed by atoms with Crippen LogP contribution in [0.3, 0.4) is 0 Å². The first-order chi connectivity index (χ1) is 7.70. The molecule has 94 valence electrons. The summed E-state index contributed by atoms with van der Waals surface area (Å²) in [4.78, 5) is 12.5. The Labute approximate surface area is 107 Å². The minimum Gasteiger partial charge on any atom is -0.442 e. The number of carbonyl (C=O) groups is 1. The number of ether oxygens (including phenoxy) is 1. The SMILES string of the molecule is Cc1ccc(N(N)C(=O)OC(C)(C)C)cc1S. The molecule has 4 nitrogen and oxygen atoms in total. The van der Waals surface area contributed by atoms with Crippen LogP contribution in [0.5, 0.6) is 0 Å². The van der Waals surface area contributed by atoms with E-state index < -0.39 is 11.7 Å². The summed E-state index contributed by atoms with van der Waals surface area (Å²) in [5.74, 6) is 5.69. The molecule has 1 amide bonds. The van der Waals surface area contributed by atoms with Crippen molar-refractivity contribution in [3.8, 4) is 0 Å². The van der Waals surface area contributed by atoms with Crippen molar-refractivity contribution in [2.24, 2.45) is 5.84 Å². The molecule has 1 aromatic carbocycles. The molecule has 0 fully saturated rings. The summed E-state index contributed by atoms with van der Waals surface area (Å²) in [7, 11) is 0. The van der Waals surface area contributed by atoms with Crippen LogP contribution in [-0.4, -0.2) is 11.7 Å². The molecule has 0 unspecified atom stereocenters. The van der Waals surface area contributed by atoms with E-state index in [0.29, 0.717) is 5.69 Å². The summed E-state index contributed by atoms with van der Waals surface area (Å²) in [5, 5.41) is 0.977. The van der Waals surface area contributed by atoms with E-state index in [2.05, 4.69) is 12.6 Å². The average Bonchev–Trinajstić information content (AvgIpc) is 2.18. The van der Waals surface area contributed by atoms with Crippen molar-refractivity contribution in [2.75, 3.05) is 5.01 Å². The first-order valence-electron chi connectivity index (χ1n) is 5.28. The van der Waals surface area contributed by atoms with Gasteiger partial charge in [0.05, 0.1) is 5.69 Å². The van der Waals surface area contributed by atoms with Crippen molar-refractivity contribution in [3.05, 3.63) is 23.8 Å². The molecule has 0 saturated carbocycles. The fourth-order valence-corrected chi connectivity index (χ4v) is 1.37. The van der Waals surface area contributed by atoms with Crippen molar-refractivity contribution < 1.29 is 9.53 Å². The van der Waals surface area contributed by atoms with Gasteiger partial charge in [-0.2, -0.15) is 0 Å². The molecule has 0 aromatic heterocycles. The van der Waals surface area contributed by atoms with Gasteiger partial charge in [0.15, 0.2) is 0 Å². The number of nitrogens with two attached hydrogens (primary N) is 1. The Balaban J connectivity index is 2.85. The maximum Gasteiger partial charge on any atom is 0.429 e. The average molecular weight is 254 g/mol. The molecular weight excluding hydrogens is 236 g/mol. The number of hydrogen-bond acceptors (Lipinski definition) is 4. The summed E-state index contributed by atoms with van der Waals surface area (Å²) in [6, 6.07) is 5.32. The van der Waals surface area contributed by atoms with Crippen molar-refractivity contribution in [2.45, 2.75) is 38.2 Å². The number of thiol groups is 1. The predicted molar refractivity (Wildman–Crippen MR) is 71.3 cm³/mol. The lowest BCUT2D eigenvalue weighted by molar-refractivity contribution is 0.0580. The molecule has 1 rings (SSSR count). The molecule has 2 N–H and O–H groups in total. The van der Waals surface area contributed by atoms with E-state index in [1.165, 1.54) is 0 Å². The summed E-state index contributed by atoms with van der Waals surface area (Å²) in [6.07, 6.45) is -0.589. The van der Waals surface area contributed by atoms with Crippen LogP contribution >= 0.6 is 12.6 Å². The number of anilines is 1. The first-order valence-corrected chi connectivity index (χ1v) is 5.73. The Hall–Kier alpha value is -1.20. The number of carbonyl (C=O) groups excluding carboxylic acids is 1. The largest absolute Gasteiger partial charge is 0.442 e. The molecule has 0 atom stereocenters. The van der Waals surface area contributed by atoms with Gasteiger partial charge in [0.2, 0.25) is 0 Å². The number of hydrogen-bond donors (Lipinski definition) is 2. The third-order valence-electron chi connectivity index (χ3n) is 2.06. The topological polar surface area (TPSA) is 55.6 Å². The van der Waals surface area contributed by atoms with Gasteiger partial charge in [-0.25, -0.2) is 15.6 Å². The van der Waals surface area contributed by atoms with Gasteiger partial charge in [-0.1, -0.05) is 6.07 Å². The Morgan fingerprint density at radius 1 is 1.41 bits per heavy atom. The summed E-state index contributed by atoms with van der Waals surface area (Å²) >= 11 is 4.28. The van der Waals surface area contributed by atoms with Crippen molar-refractivity contribution in [3.63, 3.8) is 0 Å². The molecule has 0 saturated heterocycles. The highest BCUT2D eigenvalue weighted by molar-refractivity contribution is 7.80. The molecule has 0 heterocycles. The number of nitrogens with zero attached hydrogens (tertiary/aromatic N) is 1. The van der Waals surface area contributed by atoms with E-state index in [4.69, 9.17) is 10.6 Å². The van der Waals surface area contributed by atoms with Gasteiger partial charge in [-0.05, 0) is 45.4 Å². The Bertz CT molecular complexity index is 427. The van der Waals surface area contributed by atoms with Gasteiger partial charge in [0.1, 0.15) is 5.60 Å². The van der Waals surface area contributed by atoms with E-state index >= 15 is 0 Å². The highest BCUT2D eigenvalue weighted by atomic mass is 32.1. The normalized spacial score (nSPS) is 11.2. The number of rotatable bonds is 1. The van der Waals surface area contributed by atoms with Crippen LogP contribution in [0.25, 0.3) is 0 Å². The zero-order chi connectivity index (χ0) is 13.2. The maximum absolute atomic E-state index is 11.7. The minimum atomic E-state index is -0.589. The maximum atomic E-state index is 11.7. The van der Waals surface area contributed by atoms with Gasteiger partial charge >= 0.3 is 6.09 Å². The van der Waals surface area contributed by atoms with E-state index in [9.17, 15) is 4.79 Å². The Kier molecular flexibility index (Phi) is 4.06. The number of aryl methyl sites for hydroxylation is 1. The van der Waals surface area contributed by atoms with Crippen molar-refractivity contribution in [1.82, 2.24) is 0 Å². The van der Waals surface area contributed by atoms with Gasteiger partial charge < -0.3 is 4.74 Å². The molecule has 5 heteroatoms. The van der Waals surface area contributed by atoms with E-state index in [-0.39, 0.29) is 0 Å². The fraction of sp³-hybridized carbons (Fsp3) is 0.417. The molecular formula is C12H18N2O2S. The second-order valence-electron chi connectivity index (χ2n) is 4.82. The quantitative estimate of drug-likeness (QED) is 0.351. The summed E-state index contributed by atoms with van der Waals surface area (Å²) < 4.78 is 5.16. The van der Waals surface area contributed by atoms with Gasteiger partial charge in [0.25, 0.3) is 0 Å². The predicted octanol–water partition coefficient (Wildman–Crippen LogP) is 2.90. The van der Waals surface area contributed by atoms with E-state index in [1.807, 2.05) is 13.0 Å². The standard InChI is InChI=1S/C12H18N2O2S/c1-8-5-6-9(7-10(8)17)14(13)11(15)16-12(2,3)4/h5-7,17H,13H2,1-4H3.